The molecular formula is C17H21ClNO2+. The predicted molar refractivity (Wildman–Crippen MR) is 83.9 cm³/mol. The fourth-order valence-electron chi connectivity index (χ4n) is 4.10. The minimum Gasteiger partial charge on any atom is -0.493 e. The molecule has 3 rings (SSSR count). The first-order chi connectivity index (χ1) is 10.2. The maximum atomic E-state index is 6.17. The lowest BCUT2D eigenvalue weighted by Gasteiger charge is -2.58. The number of nitrogens with zero attached hydrogens (tertiary/aromatic N) is 1. The van der Waals surface area contributed by atoms with Crippen molar-refractivity contribution in [1.29, 1.82) is 0 Å². The Balaban J connectivity index is 2.06. The standard InChI is InChI=1S/C17H21ClNO2/c1-4-6-19-7-5-12-8-15(20-2)16(21-3)9-14(12)17(19)13(10-18)11-19/h1,8-9,13,17H,5-7,10-11H2,2-3H3/q+1/t13-,17-,19?/m1/s1. The molecule has 3 atom stereocenters. The lowest BCUT2D eigenvalue weighted by Crippen LogP contribution is -2.68. The molecule has 1 aromatic rings. The normalized spacial score (nSPS) is 29.6. The van der Waals surface area contributed by atoms with Crippen molar-refractivity contribution in [3.63, 3.8) is 0 Å². The molecule has 2 heterocycles. The molecule has 3 nitrogen and oxygen atoms in total. The van der Waals surface area contributed by atoms with E-state index in [-0.39, 0.29) is 0 Å². The van der Waals surface area contributed by atoms with Gasteiger partial charge < -0.3 is 14.0 Å². The highest BCUT2D eigenvalue weighted by Gasteiger charge is 2.56. The summed E-state index contributed by atoms with van der Waals surface area (Å²) < 4.78 is 11.9. The van der Waals surface area contributed by atoms with E-state index in [4.69, 9.17) is 27.5 Å². The van der Waals surface area contributed by atoms with E-state index >= 15 is 0 Å². The number of quaternary nitrogens is 1. The molecule has 0 amide bonds. The molecule has 1 unspecified atom stereocenters. The SMILES string of the molecule is C#CC[N+]12CCc3cc(OC)c(OC)cc3[C@H]1[C@H](CCl)C2. The Labute approximate surface area is 131 Å². The highest BCUT2D eigenvalue weighted by molar-refractivity contribution is 6.18. The number of rotatable bonds is 4. The fraction of sp³-hybridized carbons (Fsp3) is 0.529. The van der Waals surface area contributed by atoms with Gasteiger partial charge in [0.15, 0.2) is 11.5 Å². The molecule has 0 saturated carbocycles. The monoisotopic (exact) mass is 306 g/mol. The maximum absolute atomic E-state index is 6.17. The first-order valence-electron chi connectivity index (χ1n) is 7.29. The van der Waals surface area contributed by atoms with E-state index in [1.165, 1.54) is 11.1 Å². The van der Waals surface area contributed by atoms with Gasteiger partial charge in [-0.25, -0.2) is 0 Å². The summed E-state index contributed by atoms with van der Waals surface area (Å²) in [6.07, 6.45) is 6.64. The van der Waals surface area contributed by atoms with Gasteiger partial charge >= 0.3 is 0 Å². The summed E-state index contributed by atoms with van der Waals surface area (Å²) in [5, 5.41) is 0. The van der Waals surface area contributed by atoms with Gasteiger partial charge in [0.05, 0.1) is 33.2 Å². The Kier molecular flexibility index (Phi) is 3.77. The minimum absolute atomic E-state index is 0.405. The molecule has 0 radical (unpaired) electrons. The topological polar surface area (TPSA) is 18.5 Å². The number of ether oxygens (including phenoxy) is 2. The molecule has 4 heteroatoms. The third-order valence-electron chi connectivity index (χ3n) is 5.03. The quantitative estimate of drug-likeness (QED) is 0.484. The van der Waals surface area contributed by atoms with Gasteiger partial charge in [-0.3, -0.25) is 0 Å². The van der Waals surface area contributed by atoms with Crippen molar-refractivity contribution in [2.24, 2.45) is 5.92 Å². The van der Waals surface area contributed by atoms with E-state index in [0.717, 1.165) is 42.0 Å². The molecule has 0 bridgehead atoms. The van der Waals surface area contributed by atoms with Crippen LogP contribution in [0.3, 0.4) is 0 Å². The number of hydrogen-bond acceptors (Lipinski definition) is 2. The van der Waals surface area contributed by atoms with Crippen LogP contribution in [0.25, 0.3) is 0 Å². The van der Waals surface area contributed by atoms with Gasteiger partial charge in [0.25, 0.3) is 0 Å². The van der Waals surface area contributed by atoms with Crippen LogP contribution < -0.4 is 9.47 Å². The summed E-state index contributed by atoms with van der Waals surface area (Å²) in [6, 6.07) is 4.64. The van der Waals surface area contributed by atoms with E-state index in [9.17, 15) is 0 Å². The van der Waals surface area contributed by atoms with Crippen LogP contribution in [-0.2, 0) is 6.42 Å². The Hall–Kier alpha value is -1.37. The number of fused-ring (bicyclic) bond motifs is 3. The average Bonchev–Trinajstić information content (AvgIpc) is 2.49. The lowest BCUT2D eigenvalue weighted by molar-refractivity contribution is -1.00. The van der Waals surface area contributed by atoms with E-state index in [0.29, 0.717) is 17.8 Å². The van der Waals surface area contributed by atoms with Crippen LogP contribution in [0.5, 0.6) is 11.5 Å². The van der Waals surface area contributed by atoms with Crippen molar-refractivity contribution in [2.75, 3.05) is 39.7 Å². The molecule has 0 aromatic heterocycles. The van der Waals surface area contributed by atoms with Crippen LogP contribution in [-0.4, -0.2) is 44.2 Å². The Morgan fingerprint density at radius 2 is 2.05 bits per heavy atom. The zero-order valence-corrected chi connectivity index (χ0v) is 13.3. The van der Waals surface area contributed by atoms with Gasteiger partial charge in [-0.05, 0) is 23.6 Å². The summed E-state index contributed by atoms with van der Waals surface area (Å²) >= 11 is 6.17. The average molecular weight is 307 g/mol. The summed E-state index contributed by atoms with van der Waals surface area (Å²) in [4.78, 5) is 0. The molecule has 0 N–H and O–H groups in total. The third-order valence-corrected chi connectivity index (χ3v) is 5.43. The molecular weight excluding hydrogens is 286 g/mol. The smallest absolute Gasteiger partial charge is 0.161 e. The molecule has 2 aliphatic rings. The zero-order valence-electron chi connectivity index (χ0n) is 12.6. The summed E-state index contributed by atoms with van der Waals surface area (Å²) in [6.45, 7) is 2.96. The largest absolute Gasteiger partial charge is 0.493 e. The van der Waals surface area contributed by atoms with Gasteiger partial charge in [-0.15, -0.1) is 18.0 Å². The molecule has 21 heavy (non-hydrogen) atoms. The van der Waals surface area contributed by atoms with E-state index in [1.807, 2.05) is 0 Å². The fourth-order valence-corrected chi connectivity index (χ4v) is 4.36. The highest BCUT2D eigenvalue weighted by Crippen LogP contribution is 2.52. The van der Waals surface area contributed by atoms with Crippen molar-refractivity contribution in [3.8, 4) is 23.8 Å². The van der Waals surface area contributed by atoms with Crippen molar-refractivity contribution in [2.45, 2.75) is 12.5 Å². The zero-order chi connectivity index (χ0) is 15.0. The summed E-state index contributed by atoms with van der Waals surface area (Å²) in [5.41, 5.74) is 2.68. The van der Waals surface area contributed by atoms with Crippen LogP contribution >= 0.6 is 11.6 Å². The summed E-state index contributed by atoms with van der Waals surface area (Å²) in [7, 11) is 3.35. The third kappa shape index (κ3) is 2.09. The van der Waals surface area contributed by atoms with Crippen LogP contribution in [0.2, 0.25) is 0 Å². The van der Waals surface area contributed by atoms with E-state index in [1.54, 1.807) is 14.2 Å². The second-order valence-corrected chi connectivity index (χ2v) is 6.31. The Morgan fingerprint density at radius 3 is 2.67 bits per heavy atom. The number of alkyl halides is 1. The van der Waals surface area contributed by atoms with Gasteiger partial charge in [0, 0.05) is 17.9 Å². The number of methoxy groups -OCH3 is 2. The summed E-state index contributed by atoms with van der Waals surface area (Å²) in [5.74, 6) is 5.63. The van der Waals surface area contributed by atoms with Crippen LogP contribution in [0.4, 0.5) is 0 Å². The molecule has 1 fully saturated rings. The van der Waals surface area contributed by atoms with E-state index in [2.05, 4.69) is 18.1 Å². The molecule has 2 aliphatic heterocycles. The molecule has 112 valence electrons. The molecule has 0 aliphatic carbocycles. The van der Waals surface area contributed by atoms with Crippen LogP contribution in [0.15, 0.2) is 12.1 Å². The second-order valence-electron chi connectivity index (χ2n) is 6.00. The maximum Gasteiger partial charge on any atom is 0.161 e. The first-order valence-corrected chi connectivity index (χ1v) is 7.82. The number of halogens is 1. The van der Waals surface area contributed by atoms with Gasteiger partial charge in [0.2, 0.25) is 0 Å². The van der Waals surface area contributed by atoms with Crippen molar-refractivity contribution in [3.05, 3.63) is 23.3 Å². The number of terminal acetylenes is 1. The van der Waals surface area contributed by atoms with Crippen molar-refractivity contribution < 1.29 is 14.0 Å². The Morgan fingerprint density at radius 1 is 1.33 bits per heavy atom. The number of benzene rings is 1. The molecule has 1 saturated heterocycles. The first kappa shape index (κ1) is 14.6. The van der Waals surface area contributed by atoms with Crippen molar-refractivity contribution >= 4 is 11.6 Å². The minimum atomic E-state index is 0.405. The number of hydrogen-bond donors (Lipinski definition) is 0. The predicted octanol–water partition coefficient (Wildman–Crippen LogP) is 2.62. The molecule has 1 aromatic carbocycles. The van der Waals surface area contributed by atoms with Gasteiger partial charge in [-0.2, -0.15) is 0 Å². The Bertz CT molecular complexity index is 595. The van der Waals surface area contributed by atoms with Crippen molar-refractivity contribution in [1.82, 2.24) is 0 Å². The second kappa shape index (κ2) is 5.44. The molecule has 0 spiro atoms. The van der Waals surface area contributed by atoms with Crippen LogP contribution in [0.1, 0.15) is 17.2 Å². The van der Waals surface area contributed by atoms with Gasteiger partial charge in [-0.1, -0.05) is 0 Å². The highest BCUT2D eigenvalue weighted by atomic mass is 35.5. The van der Waals surface area contributed by atoms with E-state index < -0.39 is 0 Å². The van der Waals surface area contributed by atoms with Crippen LogP contribution in [0, 0.1) is 18.3 Å². The lowest BCUT2D eigenvalue weighted by atomic mass is 9.75. The van der Waals surface area contributed by atoms with Gasteiger partial charge in [0.1, 0.15) is 12.6 Å².